The van der Waals surface area contributed by atoms with Crippen LogP contribution in [-0.4, -0.2) is 11.8 Å². The fraction of sp³-hybridized carbons (Fsp3) is 0.857. The maximum atomic E-state index is 11.3. The van der Waals surface area contributed by atoms with Gasteiger partial charge in [-0.3, -0.25) is 4.79 Å². The summed E-state index contributed by atoms with van der Waals surface area (Å²) in [6, 6.07) is -0.321. The van der Waals surface area contributed by atoms with Crippen LogP contribution in [0.15, 0.2) is 5.11 Å². The predicted octanol–water partition coefficient (Wildman–Crippen LogP) is 1.66. The maximum absolute atomic E-state index is 11.3. The molecule has 0 N–H and O–H groups in total. The Kier molecular flexibility index (Phi) is 1.36. The molecule has 3 unspecified atom stereocenters. The molecule has 0 aromatic heterocycles. The van der Waals surface area contributed by atoms with Gasteiger partial charge in [0.05, 0.1) is 6.04 Å². The van der Waals surface area contributed by atoms with Gasteiger partial charge in [0.1, 0.15) is 5.78 Å². The van der Waals surface area contributed by atoms with E-state index < -0.39 is 0 Å². The lowest BCUT2D eigenvalue weighted by Crippen LogP contribution is -2.24. The van der Waals surface area contributed by atoms with Gasteiger partial charge in [0.2, 0.25) is 0 Å². The standard InChI is InChI=1S/C7H9N3O/c8-10-9-6-4-1-2-5(3-4)7(6)11/h4-6H,1-3H2. The molecule has 0 aromatic rings. The number of hydrogen-bond acceptors (Lipinski definition) is 2. The van der Waals surface area contributed by atoms with Crippen LogP contribution in [0, 0.1) is 11.8 Å². The van der Waals surface area contributed by atoms with E-state index in [2.05, 4.69) is 10.0 Å². The Balaban J connectivity index is 2.23. The Hall–Kier alpha value is -1.02. The van der Waals surface area contributed by atoms with E-state index in [1.165, 1.54) is 0 Å². The van der Waals surface area contributed by atoms with Gasteiger partial charge in [-0.2, -0.15) is 0 Å². The highest BCUT2D eigenvalue weighted by Gasteiger charge is 2.46. The minimum atomic E-state index is -0.321. The number of nitrogens with zero attached hydrogens (tertiary/aromatic N) is 3. The van der Waals surface area contributed by atoms with Gasteiger partial charge in [-0.25, -0.2) is 0 Å². The summed E-state index contributed by atoms with van der Waals surface area (Å²) in [5, 5.41) is 3.52. The van der Waals surface area contributed by atoms with Crippen molar-refractivity contribution in [2.24, 2.45) is 17.0 Å². The van der Waals surface area contributed by atoms with Crippen LogP contribution in [0.2, 0.25) is 0 Å². The minimum Gasteiger partial charge on any atom is -0.299 e. The van der Waals surface area contributed by atoms with Gasteiger partial charge in [-0.1, -0.05) is 5.11 Å². The molecule has 0 aromatic carbocycles. The number of carbonyl (C=O) groups is 1. The largest absolute Gasteiger partial charge is 0.299 e. The van der Waals surface area contributed by atoms with Gasteiger partial charge in [0.25, 0.3) is 0 Å². The topological polar surface area (TPSA) is 65.8 Å². The van der Waals surface area contributed by atoms with Crippen molar-refractivity contribution in [2.45, 2.75) is 25.3 Å². The Labute approximate surface area is 64.2 Å². The zero-order valence-corrected chi connectivity index (χ0v) is 6.10. The molecule has 0 aliphatic heterocycles. The Morgan fingerprint density at radius 1 is 1.55 bits per heavy atom. The quantitative estimate of drug-likeness (QED) is 0.319. The fourth-order valence-corrected chi connectivity index (χ4v) is 2.24. The van der Waals surface area contributed by atoms with E-state index in [4.69, 9.17) is 5.53 Å². The number of ketones is 1. The van der Waals surface area contributed by atoms with E-state index in [1.807, 2.05) is 0 Å². The summed E-state index contributed by atoms with van der Waals surface area (Å²) >= 11 is 0. The van der Waals surface area contributed by atoms with Crippen LogP contribution in [0.3, 0.4) is 0 Å². The lowest BCUT2D eigenvalue weighted by Gasteiger charge is -2.14. The number of hydrogen-bond donors (Lipinski definition) is 0. The van der Waals surface area contributed by atoms with E-state index in [0.717, 1.165) is 19.3 Å². The van der Waals surface area contributed by atoms with Crippen LogP contribution in [0.5, 0.6) is 0 Å². The van der Waals surface area contributed by atoms with E-state index in [9.17, 15) is 4.79 Å². The van der Waals surface area contributed by atoms with Crippen LogP contribution in [0.1, 0.15) is 19.3 Å². The molecule has 0 radical (unpaired) electrons. The number of Topliss-reactive ketones (excluding diaryl/α,β-unsaturated/α-hetero) is 1. The number of azide groups is 1. The molecule has 0 spiro atoms. The molecular formula is C7H9N3O. The van der Waals surface area contributed by atoms with Gasteiger partial charge in [0.15, 0.2) is 0 Å². The van der Waals surface area contributed by atoms with Crippen LogP contribution < -0.4 is 0 Å². The van der Waals surface area contributed by atoms with E-state index in [0.29, 0.717) is 5.92 Å². The van der Waals surface area contributed by atoms with Crippen molar-refractivity contribution in [3.63, 3.8) is 0 Å². The second-order valence-electron chi connectivity index (χ2n) is 3.32. The summed E-state index contributed by atoms with van der Waals surface area (Å²) < 4.78 is 0. The molecular weight excluding hydrogens is 142 g/mol. The second kappa shape index (κ2) is 2.24. The smallest absolute Gasteiger partial charge is 0.145 e. The molecule has 3 atom stereocenters. The summed E-state index contributed by atoms with van der Waals surface area (Å²) in [6.07, 6.45) is 3.05. The van der Waals surface area contributed by atoms with Gasteiger partial charge < -0.3 is 0 Å². The molecule has 2 aliphatic carbocycles. The van der Waals surface area contributed by atoms with Crippen LogP contribution in [0.4, 0.5) is 0 Å². The van der Waals surface area contributed by atoms with Crippen molar-refractivity contribution in [1.29, 1.82) is 0 Å². The molecule has 11 heavy (non-hydrogen) atoms. The second-order valence-corrected chi connectivity index (χ2v) is 3.32. The van der Waals surface area contributed by atoms with Crippen LogP contribution >= 0.6 is 0 Å². The molecule has 2 fully saturated rings. The predicted molar refractivity (Wildman–Crippen MR) is 38.8 cm³/mol. The molecule has 58 valence electrons. The number of fused-ring (bicyclic) bond motifs is 2. The summed E-state index contributed by atoms with van der Waals surface area (Å²) in [5.41, 5.74) is 8.18. The zero-order valence-electron chi connectivity index (χ0n) is 6.10. The lowest BCUT2D eigenvalue weighted by atomic mass is 9.95. The SMILES string of the molecule is [N-]=[N+]=NC1C(=O)C2CCC1C2. The molecule has 2 rings (SSSR count). The number of carbonyl (C=O) groups excluding carboxylic acids is 1. The summed E-state index contributed by atoms with van der Waals surface area (Å²) in [4.78, 5) is 14.0. The van der Waals surface area contributed by atoms with Gasteiger partial charge in [-0.05, 0) is 30.7 Å². The van der Waals surface area contributed by atoms with Gasteiger partial charge in [0, 0.05) is 10.8 Å². The minimum absolute atomic E-state index is 0.180. The third kappa shape index (κ3) is 0.828. The van der Waals surface area contributed by atoms with Gasteiger partial charge in [-0.15, -0.1) is 0 Å². The van der Waals surface area contributed by atoms with Crippen molar-refractivity contribution in [3.8, 4) is 0 Å². The Morgan fingerprint density at radius 3 is 2.91 bits per heavy atom. The van der Waals surface area contributed by atoms with Crippen molar-refractivity contribution in [1.82, 2.24) is 0 Å². The highest BCUT2D eigenvalue weighted by atomic mass is 16.1. The third-order valence-corrected chi connectivity index (χ3v) is 2.79. The van der Waals surface area contributed by atoms with Crippen LogP contribution in [-0.2, 0) is 4.79 Å². The third-order valence-electron chi connectivity index (χ3n) is 2.79. The highest BCUT2D eigenvalue weighted by molar-refractivity contribution is 5.89. The fourth-order valence-electron chi connectivity index (χ4n) is 2.24. The average molecular weight is 151 g/mol. The lowest BCUT2D eigenvalue weighted by molar-refractivity contribution is -0.122. The monoisotopic (exact) mass is 151 g/mol. The molecule has 0 amide bonds. The van der Waals surface area contributed by atoms with Crippen molar-refractivity contribution in [2.75, 3.05) is 0 Å². The van der Waals surface area contributed by atoms with Gasteiger partial charge >= 0.3 is 0 Å². The number of rotatable bonds is 1. The summed E-state index contributed by atoms with van der Waals surface area (Å²) in [6.45, 7) is 0. The maximum Gasteiger partial charge on any atom is 0.145 e. The molecule has 4 nitrogen and oxygen atoms in total. The molecule has 2 aliphatic rings. The summed E-state index contributed by atoms with van der Waals surface area (Å²) in [5.74, 6) is 0.762. The zero-order chi connectivity index (χ0) is 7.84. The Morgan fingerprint density at radius 2 is 2.36 bits per heavy atom. The van der Waals surface area contributed by atoms with Crippen molar-refractivity contribution < 1.29 is 4.79 Å². The average Bonchev–Trinajstić information content (AvgIpc) is 2.54. The molecule has 2 saturated carbocycles. The first-order valence-electron chi connectivity index (χ1n) is 3.91. The first kappa shape index (κ1) is 6.68. The molecule has 0 saturated heterocycles. The van der Waals surface area contributed by atoms with E-state index in [-0.39, 0.29) is 17.7 Å². The molecule has 0 heterocycles. The normalized spacial score (nSPS) is 40.7. The van der Waals surface area contributed by atoms with Crippen molar-refractivity contribution >= 4 is 5.78 Å². The Bertz CT molecular complexity index is 244. The van der Waals surface area contributed by atoms with E-state index in [1.54, 1.807) is 0 Å². The summed E-state index contributed by atoms with van der Waals surface area (Å²) in [7, 11) is 0. The van der Waals surface area contributed by atoms with E-state index >= 15 is 0 Å². The molecule has 2 bridgehead atoms. The first-order valence-corrected chi connectivity index (χ1v) is 3.91. The first-order chi connectivity index (χ1) is 5.33. The highest BCUT2D eigenvalue weighted by Crippen LogP contribution is 2.43. The van der Waals surface area contributed by atoms with Crippen molar-refractivity contribution in [3.05, 3.63) is 10.4 Å². The van der Waals surface area contributed by atoms with Crippen LogP contribution in [0.25, 0.3) is 10.4 Å². The molecule has 4 heteroatoms.